The summed E-state index contributed by atoms with van der Waals surface area (Å²) in [5, 5.41) is 9.35. The van der Waals surface area contributed by atoms with Crippen LogP contribution in [-0.2, 0) is 16.1 Å². The zero-order valence-electron chi connectivity index (χ0n) is 17.5. The minimum Gasteiger partial charge on any atom is -0.490 e. The number of carboxylic acid groups (broad SMARTS) is 1. The Labute approximate surface area is 194 Å². The molecule has 7 nitrogen and oxygen atoms in total. The van der Waals surface area contributed by atoms with Gasteiger partial charge in [0.25, 0.3) is 11.1 Å². The van der Waals surface area contributed by atoms with Crippen LogP contribution in [0.2, 0.25) is 5.02 Å². The van der Waals surface area contributed by atoms with E-state index in [1.54, 1.807) is 62.4 Å². The largest absolute Gasteiger partial charge is 0.490 e. The van der Waals surface area contributed by atoms with Crippen LogP contribution in [0.15, 0.2) is 47.4 Å². The summed E-state index contributed by atoms with van der Waals surface area (Å²) in [7, 11) is 0. The number of ether oxygens (including phenoxy) is 2. The molecule has 0 aromatic heterocycles. The first-order valence-electron chi connectivity index (χ1n) is 9.99. The molecule has 0 spiro atoms. The molecule has 1 aliphatic rings. The number of thioether (sulfide) groups is 1. The Bertz CT molecular complexity index is 1070. The van der Waals surface area contributed by atoms with E-state index in [0.29, 0.717) is 40.7 Å². The van der Waals surface area contributed by atoms with Crippen LogP contribution >= 0.6 is 23.4 Å². The summed E-state index contributed by atoms with van der Waals surface area (Å²) in [6, 6.07) is 12.0. The monoisotopic (exact) mass is 475 g/mol. The molecule has 1 N–H and O–H groups in total. The van der Waals surface area contributed by atoms with Gasteiger partial charge in [-0.1, -0.05) is 42.8 Å². The summed E-state index contributed by atoms with van der Waals surface area (Å²) >= 11 is 7.01. The topological polar surface area (TPSA) is 93.1 Å². The molecule has 1 fully saturated rings. The lowest BCUT2D eigenvalue weighted by Gasteiger charge is -2.17. The predicted molar refractivity (Wildman–Crippen MR) is 123 cm³/mol. The molecule has 1 saturated heterocycles. The van der Waals surface area contributed by atoms with Crippen molar-refractivity contribution < 1.29 is 29.0 Å². The van der Waals surface area contributed by atoms with E-state index in [4.69, 9.17) is 21.1 Å². The van der Waals surface area contributed by atoms with Gasteiger partial charge in [0.1, 0.15) is 0 Å². The quantitative estimate of drug-likeness (QED) is 0.497. The van der Waals surface area contributed by atoms with Crippen molar-refractivity contribution in [1.29, 1.82) is 0 Å². The van der Waals surface area contributed by atoms with Crippen LogP contribution in [-0.4, -0.2) is 39.8 Å². The van der Waals surface area contributed by atoms with E-state index >= 15 is 0 Å². The van der Waals surface area contributed by atoms with E-state index in [9.17, 15) is 19.5 Å². The van der Waals surface area contributed by atoms with Gasteiger partial charge in [-0.15, -0.1) is 0 Å². The zero-order chi connectivity index (χ0) is 23.3. The van der Waals surface area contributed by atoms with Gasteiger partial charge in [-0.25, -0.2) is 4.79 Å². The maximum absolute atomic E-state index is 12.8. The van der Waals surface area contributed by atoms with Gasteiger partial charge in [0.15, 0.2) is 17.6 Å². The van der Waals surface area contributed by atoms with Gasteiger partial charge >= 0.3 is 5.97 Å². The summed E-state index contributed by atoms with van der Waals surface area (Å²) in [6.45, 7) is 3.95. The molecule has 3 rings (SSSR count). The highest BCUT2D eigenvalue weighted by Gasteiger charge is 2.35. The van der Waals surface area contributed by atoms with Crippen molar-refractivity contribution in [2.24, 2.45) is 0 Å². The molecule has 168 valence electrons. The van der Waals surface area contributed by atoms with Crippen LogP contribution in [0.4, 0.5) is 4.79 Å². The van der Waals surface area contributed by atoms with Crippen LogP contribution in [0.1, 0.15) is 31.4 Å². The number of aliphatic carboxylic acids is 1. The zero-order valence-corrected chi connectivity index (χ0v) is 19.1. The average Bonchev–Trinajstić information content (AvgIpc) is 3.02. The van der Waals surface area contributed by atoms with Crippen LogP contribution in [0.5, 0.6) is 11.5 Å². The third kappa shape index (κ3) is 5.44. The number of carboxylic acids is 1. The van der Waals surface area contributed by atoms with Gasteiger partial charge in [-0.05, 0) is 60.5 Å². The lowest BCUT2D eigenvalue weighted by Crippen LogP contribution is -2.27. The molecule has 0 radical (unpaired) electrons. The summed E-state index contributed by atoms with van der Waals surface area (Å²) in [5.41, 5.74) is 1.30. The molecular weight excluding hydrogens is 454 g/mol. The molecule has 9 heteroatoms. The van der Waals surface area contributed by atoms with Gasteiger partial charge < -0.3 is 14.6 Å². The second kappa shape index (κ2) is 10.6. The van der Waals surface area contributed by atoms with E-state index < -0.39 is 18.0 Å². The number of carbonyl (C=O) groups excluding carboxylic acids is 2. The van der Waals surface area contributed by atoms with Gasteiger partial charge in [0.05, 0.1) is 18.1 Å². The SMILES string of the molecule is CCOc1cc(/C=C2/SC(=O)N(Cc3ccccc3Cl)C2=O)ccc1OC(CC)C(=O)O. The molecule has 32 heavy (non-hydrogen) atoms. The van der Waals surface area contributed by atoms with Crippen molar-refractivity contribution in [2.75, 3.05) is 6.61 Å². The highest BCUT2D eigenvalue weighted by atomic mass is 35.5. The highest BCUT2D eigenvalue weighted by Crippen LogP contribution is 2.36. The summed E-state index contributed by atoms with van der Waals surface area (Å²) in [5.74, 6) is -0.817. The fraction of sp³-hybridized carbons (Fsp3) is 0.261. The predicted octanol–water partition coefficient (Wildman–Crippen LogP) is 5.22. The van der Waals surface area contributed by atoms with Gasteiger partial charge in [-0.2, -0.15) is 0 Å². The van der Waals surface area contributed by atoms with Gasteiger partial charge in [0, 0.05) is 5.02 Å². The molecule has 2 aromatic carbocycles. The summed E-state index contributed by atoms with van der Waals surface area (Å²) in [4.78, 5) is 38.0. The van der Waals surface area contributed by atoms with Gasteiger partial charge in [0.2, 0.25) is 0 Å². The Morgan fingerprint density at radius 3 is 2.59 bits per heavy atom. The molecule has 0 aliphatic carbocycles. The highest BCUT2D eigenvalue weighted by molar-refractivity contribution is 8.18. The average molecular weight is 476 g/mol. The van der Waals surface area contributed by atoms with E-state index in [-0.39, 0.29) is 16.7 Å². The number of hydrogen-bond acceptors (Lipinski definition) is 6. The number of carbonyl (C=O) groups is 3. The molecule has 1 aliphatic heterocycles. The molecule has 1 heterocycles. The van der Waals surface area contributed by atoms with Crippen molar-refractivity contribution >= 4 is 46.6 Å². The van der Waals surface area contributed by atoms with E-state index in [2.05, 4.69) is 0 Å². The molecule has 2 aromatic rings. The first-order valence-corrected chi connectivity index (χ1v) is 11.2. The lowest BCUT2D eigenvalue weighted by atomic mass is 10.1. The number of benzene rings is 2. The summed E-state index contributed by atoms with van der Waals surface area (Å²) in [6.07, 6.45) is 0.890. The molecule has 0 bridgehead atoms. The standard InChI is InChI=1S/C23H22ClNO6S/c1-3-17(22(27)28)31-18-10-9-14(11-19(18)30-4-2)12-20-21(26)25(23(29)32-20)13-15-7-5-6-8-16(15)24/h5-12,17H,3-4,13H2,1-2H3,(H,27,28)/b20-12+. The minimum absolute atomic E-state index is 0.0895. The third-order valence-corrected chi connectivity index (χ3v) is 5.92. The van der Waals surface area contributed by atoms with E-state index in [1.807, 2.05) is 0 Å². The fourth-order valence-corrected chi connectivity index (χ4v) is 4.06. The van der Waals surface area contributed by atoms with E-state index in [0.717, 1.165) is 16.7 Å². The van der Waals surface area contributed by atoms with Crippen molar-refractivity contribution in [1.82, 2.24) is 4.90 Å². The van der Waals surface area contributed by atoms with Crippen LogP contribution in [0, 0.1) is 0 Å². The first-order chi connectivity index (χ1) is 15.3. The number of halogens is 1. The number of rotatable bonds is 9. The first kappa shape index (κ1) is 23.7. The van der Waals surface area contributed by atoms with E-state index in [1.165, 1.54) is 0 Å². The Morgan fingerprint density at radius 1 is 1.19 bits per heavy atom. The lowest BCUT2D eigenvalue weighted by molar-refractivity contribution is -0.145. The number of hydrogen-bond donors (Lipinski definition) is 1. The Morgan fingerprint density at radius 2 is 1.94 bits per heavy atom. The smallest absolute Gasteiger partial charge is 0.344 e. The molecule has 1 atom stereocenters. The Hall–Kier alpha value is -2.97. The third-order valence-electron chi connectivity index (χ3n) is 4.64. The number of imide groups is 1. The molecule has 2 amide bonds. The van der Waals surface area contributed by atoms with Crippen molar-refractivity contribution in [3.8, 4) is 11.5 Å². The van der Waals surface area contributed by atoms with Crippen molar-refractivity contribution in [3.05, 3.63) is 63.5 Å². The normalized spacial score (nSPS) is 15.8. The molecule has 0 saturated carbocycles. The second-order valence-corrected chi connectivity index (χ2v) is 8.25. The maximum Gasteiger partial charge on any atom is 0.344 e. The second-order valence-electron chi connectivity index (χ2n) is 6.85. The fourth-order valence-electron chi connectivity index (χ4n) is 3.03. The van der Waals surface area contributed by atoms with Crippen molar-refractivity contribution in [2.45, 2.75) is 32.9 Å². The molecule has 1 unspecified atom stereocenters. The molecular formula is C23H22ClNO6S. The van der Waals surface area contributed by atoms with Crippen LogP contribution < -0.4 is 9.47 Å². The van der Waals surface area contributed by atoms with Crippen LogP contribution in [0.3, 0.4) is 0 Å². The number of nitrogens with zero attached hydrogens (tertiary/aromatic N) is 1. The summed E-state index contributed by atoms with van der Waals surface area (Å²) < 4.78 is 11.2. The number of amides is 2. The maximum atomic E-state index is 12.8. The van der Waals surface area contributed by atoms with Crippen molar-refractivity contribution in [3.63, 3.8) is 0 Å². The van der Waals surface area contributed by atoms with Crippen LogP contribution in [0.25, 0.3) is 6.08 Å². The Kier molecular flexibility index (Phi) is 7.82. The van der Waals surface area contributed by atoms with Gasteiger partial charge in [-0.3, -0.25) is 14.5 Å². The Balaban J connectivity index is 1.83. The minimum atomic E-state index is -1.06.